The summed E-state index contributed by atoms with van der Waals surface area (Å²) in [7, 11) is 0. The van der Waals surface area contributed by atoms with Gasteiger partial charge in [-0.1, -0.05) is 97.1 Å². The van der Waals surface area contributed by atoms with Gasteiger partial charge < -0.3 is 9.32 Å². The van der Waals surface area contributed by atoms with E-state index in [-0.39, 0.29) is 0 Å². The minimum atomic E-state index is 0.794. The van der Waals surface area contributed by atoms with Crippen molar-refractivity contribution < 1.29 is 4.42 Å². The molecule has 0 amide bonds. The first kappa shape index (κ1) is 24.2. The zero-order valence-corrected chi connectivity index (χ0v) is 22.8. The first-order valence-corrected chi connectivity index (χ1v) is 14.1. The molecule has 0 saturated heterocycles. The van der Waals surface area contributed by atoms with Crippen molar-refractivity contribution in [1.29, 1.82) is 0 Å². The molecule has 8 rings (SSSR count). The smallest absolute Gasteiger partial charge is 0.153 e. The van der Waals surface area contributed by atoms with Crippen molar-refractivity contribution in [1.82, 2.24) is 4.98 Å². The third-order valence-corrected chi connectivity index (χ3v) is 7.98. The van der Waals surface area contributed by atoms with Crippen LogP contribution in [0.5, 0.6) is 0 Å². The normalized spacial score (nSPS) is 11.3. The summed E-state index contributed by atoms with van der Waals surface area (Å²) in [6.45, 7) is 0. The fourth-order valence-corrected chi connectivity index (χ4v) is 5.91. The minimum Gasteiger partial charge on any atom is -0.454 e. The van der Waals surface area contributed by atoms with Gasteiger partial charge in [-0.05, 0) is 75.5 Å². The van der Waals surface area contributed by atoms with E-state index in [2.05, 4.69) is 143 Å². The molecule has 0 atom stereocenters. The highest BCUT2D eigenvalue weighted by Gasteiger charge is 2.16. The van der Waals surface area contributed by atoms with Crippen molar-refractivity contribution in [2.45, 2.75) is 0 Å². The molecule has 6 aromatic carbocycles. The van der Waals surface area contributed by atoms with Gasteiger partial charge in [0.25, 0.3) is 0 Å². The van der Waals surface area contributed by atoms with Crippen molar-refractivity contribution in [2.75, 3.05) is 4.90 Å². The number of rotatable bonds is 5. The third-order valence-electron chi connectivity index (χ3n) is 7.98. The molecule has 3 nitrogen and oxygen atoms in total. The predicted molar refractivity (Wildman–Crippen MR) is 175 cm³/mol. The highest BCUT2D eigenvalue weighted by Crippen LogP contribution is 2.40. The maximum atomic E-state index is 6.22. The van der Waals surface area contributed by atoms with E-state index in [9.17, 15) is 0 Å². The lowest BCUT2D eigenvalue weighted by molar-refractivity contribution is 0.667. The Labute approximate surface area is 243 Å². The second-order valence-corrected chi connectivity index (χ2v) is 10.5. The zero-order chi connectivity index (χ0) is 27.9. The van der Waals surface area contributed by atoms with Gasteiger partial charge >= 0.3 is 0 Å². The molecular formula is C39H26N2O. The summed E-state index contributed by atoms with van der Waals surface area (Å²) in [4.78, 5) is 6.53. The SMILES string of the molecule is c1ccc(-c2ccc(N(c3ccc(-c4cccc5ccccc45)cc3)c3ccc4c(c3)oc3cnccc34)cc2)cc1. The number of fused-ring (bicyclic) bond motifs is 4. The maximum Gasteiger partial charge on any atom is 0.153 e. The van der Waals surface area contributed by atoms with Gasteiger partial charge in [-0.25, -0.2) is 0 Å². The lowest BCUT2D eigenvalue weighted by atomic mass is 9.98. The van der Waals surface area contributed by atoms with Gasteiger partial charge in [-0.3, -0.25) is 4.98 Å². The quantitative estimate of drug-likeness (QED) is 0.218. The Balaban J connectivity index is 1.24. The van der Waals surface area contributed by atoms with Crippen LogP contribution in [0.4, 0.5) is 17.1 Å². The van der Waals surface area contributed by atoms with Crippen LogP contribution in [-0.2, 0) is 0 Å². The van der Waals surface area contributed by atoms with Gasteiger partial charge in [0.2, 0.25) is 0 Å². The Kier molecular flexibility index (Phi) is 5.79. The van der Waals surface area contributed by atoms with Crippen LogP contribution in [0, 0.1) is 0 Å². The zero-order valence-electron chi connectivity index (χ0n) is 22.8. The molecule has 2 aromatic heterocycles. The molecule has 0 spiro atoms. The molecule has 0 N–H and O–H groups in total. The number of hydrogen-bond acceptors (Lipinski definition) is 3. The fraction of sp³-hybridized carbons (Fsp3) is 0. The summed E-state index contributed by atoms with van der Waals surface area (Å²) in [5.74, 6) is 0. The van der Waals surface area contributed by atoms with Gasteiger partial charge in [-0.2, -0.15) is 0 Å². The molecule has 0 bridgehead atoms. The van der Waals surface area contributed by atoms with E-state index >= 15 is 0 Å². The summed E-state index contributed by atoms with van der Waals surface area (Å²) in [5.41, 5.74) is 9.62. The Morgan fingerprint density at radius 1 is 0.452 bits per heavy atom. The van der Waals surface area contributed by atoms with E-state index in [1.807, 2.05) is 18.3 Å². The molecule has 198 valence electrons. The van der Waals surface area contributed by atoms with E-state index in [1.165, 1.54) is 33.0 Å². The van der Waals surface area contributed by atoms with Crippen molar-refractivity contribution >= 4 is 49.8 Å². The second-order valence-electron chi connectivity index (χ2n) is 10.5. The summed E-state index contributed by atoms with van der Waals surface area (Å²) in [5, 5.41) is 4.66. The monoisotopic (exact) mass is 538 g/mol. The first-order chi connectivity index (χ1) is 20.8. The van der Waals surface area contributed by atoms with E-state index in [1.54, 1.807) is 6.20 Å². The Morgan fingerprint density at radius 2 is 1.10 bits per heavy atom. The van der Waals surface area contributed by atoms with Crippen LogP contribution in [0.25, 0.3) is 55.0 Å². The van der Waals surface area contributed by atoms with E-state index in [0.29, 0.717) is 0 Å². The Morgan fingerprint density at radius 3 is 1.90 bits per heavy atom. The molecule has 0 unspecified atom stereocenters. The van der Waals surface area contributed by atoms with Crippen molar-refractivity contribution in [3.05, 3.63) is 158 Å². The van der Waals surface area contributed by atoms with Gasteiger partial charge in [0.1, 0.15) is 5.58 Å². The molecular weight excluding hydrogens is 512 g/mol. The van der Waals surface area contributed by atoms with Crippen LogP contribution in [0.2, 0.25) is 0 Å². The van der Waals surface area contributed by atoms with Crippen molar-refractivity contribution in [3.63, 3.8) is 0 Å². The summed E-state index contributed by atoms with van der Waals surface area (Å²) < 4.78 is 6.22. The standard InChI is InChI=1S/C39H26N2O/c1-2-7-27(8-3-1)28-13-17-31(18-14-28)41(33-21-22-36-37-23-24-40-26-39(37)42-38(36)25-33)32-19-15-30(16-20-32)35-12-6-10-29-9-4-5-11-34(29)35/h1-26H. The third kappa shape index (κ3) is 4.20. The van der Waals surface area contributed by atoms with Crippen LogP contribution < -0.4 is 4.90 Å². The molecule has 8 aromatic rings. The lowest BCUT2D eigenvalue weighted by Gasteiger charge is -2.26. The number of nitrogens with zero attached hydrogens (tertiary/aromatic N) is 2. The number of pyridine rings is 1. The van der Waals surface area contributed by atoms with Crippen LogP contribution in [0.1, 0.15) is 0 Å². The largest absolute Gasteiger partial charge is 0.454 e. The Hall–Kier alpha value is -5.67. The van der Waals surface area contributed by atoms with Crippen LogP contribution in [-0.4, -0.2) is 4.98 Å². The minimum absolute atomic E-state index is 0.794. The highest BCUT2D eigenvalue weighted by molar-refractivity contribution is 6.06. The molecule has 0 saturated carbocycles. The summed E-state index contributed by atoms with van der Waals surface area (Å²) in [6.07, 6.45) is 3.59. The lowest BCUT2D eigenvalue weighted by Crippen LogP contribution is -2.09. The average molecular weight is 539 g/mol. The molecule has 0 radical (unpaired) electrons. The molecule has 0 aliphatic rings. The van der Waals surface area contributed by atoms with Crippen molar-refractivity contribution in [2.24, 2.45) is 0 Å². The number of furan rings is 1. The van der Waals surface area contributed by atoms with E-state index in [4.69, 9.17) is 4.42 Å². The van der Waals surface area contributed by atoms with Crippen molar-refractivity contribution in [3.8, 4) is 22.3 Å². The van der Waals surface area contributed by atoms with E-state index < -0.39 is 0 Å². The maximum absolute atomic E-state index is 6.22. The van der Waals surface area contributed by atoms with Gasteiger partial charge in [0, 0.05) is 40.1 Å². The highest BCUT2D eigenvalue weighted by atomic mass is 16.3. The average Bonchev–Trinajstić information content (AvgIpc) is 3.44. The molecule has 42 heavy (non-hydrogen) atoms. The van der Waals surface area contributed by atoms with Gasteiger partial charge in [-0.15, -0.1) is 0 Å². The summed E-state index contributed by atoms with van der Waals surface area (Å²) in [6, 6.07) is 51.6. The fourth-order valence-electron chi connectivity index (χ4n) is 5.91. The first-order valence-electron chi connectivity index (χ1n) is 14.1. The summed E-state index contributed by atoms with van der Waals surface area (Å²) >= 11 is 0. The molecule has 0 aliphatic carbocycles. The molecule has 0 fully saturated rings. The molecule has 0 aliphatic heterocycles. The second kappa shape index (κ2) is 10.1. The Bertz CT molecular complexity index is 2170. The number of anilines is 3. The topological polar surface area (TPSA) is 29.3 Å². The molecule has 3 heteroatoms. The predicted octanol–water partition coefficient (Wildman–Crippen LogP) is 10.9. The van der Waals surface area contributed by atoms with Crippen LogP contribution in [0.15, 0.2) is 162 Å². The number of benzene rings is 6. The van der Waals surface area contributed by atoms with E-state index in [0.717, 1.165) is 39.0 Å². The van der Waals surface area contributed by atoms with Gasteiger partial charge in [0.05, 0.1) is 6.20 Å². The van der Waals surface area contributed by atoms with Crippen LogP contribution >= 0.6 is 0 Å². The number of hydrogen-bond donors (Lipinski definition) is 0. The van der Waals surface area contributed by atoms with Crippen LogP contribution in [0.3, 0.4) is 0 Å². The number of aromatic nitrogens is 1. The molecule has 2 heterocycles. The van der Waals surface area contributed by atoms with Gasteiger partial charge in [0.15, 0.2) is 5.58 Å².